The minimum atomic E-state index is -0.592. The average molecular weight is 180 g/mol. The molecule has 1 heteroatoms. The molecule has 0 saturated heterocycles. The van der Waals surface area contributed by atoms with Gasteiger partial charge in [0.05, 0.1) is 8.80 Å². The first-order chi connectivity index (χ1) is 5.88. The maximum atomic E-state index is 2.48. The smallest absolute Gasteiger partial charge is 0.0882 e. The Kier molecular flexibility index (Phi) is 4.37. The molecule has 0 saturated carbocycles. The molecule has 0 aromatic heterocycles. The molecule has 0 bridgehead atoms. The predicted molar refractivity (Wildman–Crippen MR) is 59.0 cm³/mol. The fourth-order valence-electron chi connectivity index (χ4n) is 2.03. The van der Waals surface area contributed by atoms with E-state index in [0.29, 0.717) is 0 Å². The highest BCUT2D eigenvalue weighted by Crippen LogP contribution is 2.26. The van der Waals surface area contributed by atoms with Crippen molar-refractivity contribution in [1.82, 2.24) is 0 Å². The second-order valence-electron chi connectivity index (χ2n) is 3.68. The molecule has 0 aromatic rings. The molecule has 0 fully saturated rings. The van der Waals surface area contributed by atoms with Gasteiger partial charge in [-0.3, -0.25) is 0 Å². The van der Waals surface area contributed by atoms with Gasteiger partial charge >= 0.3 is 0 Å². The monoisotopic (exact) mass is 180 g/mol. The third-order valence-electron chi connectivity index (χ3n) is 2.64. The Labute approximate surface area is 78.0 Å². The van der Waals surface area contributed by atoms with E-state index >= 15 is 0 Å². The Bertz CT molecular complexity index is 152. The van der Waals surface area contributed by atoms with Crippen LogP contribution in [-0.2, 0) is 0 Å². The molecule has 0 amide bonds. The molecule has 1 aliphatic rings. The summed E-state index contributed by atoms with van der Waals surface area (Å²) in [6, 6.07) is 0. The zero-order valence-corrected chi connectivity index (χ0v) is 9.45. The lowest BCUT2D eigenvalue weighted by molar-refractivity contribution is 0.646. The first-order valence-corrected chi connectivity index (χ1v) is 7.23. The third kappa shape index (κ3) is 2.63. The van der Waals surface area contributed by atoms with Crippen LogP contribution in [0, 0.1) is 0 Å². The van der Waals surface area contributed by atoms with Crippen LogP contribution < -0.4 is 0 Å². The molecule has 0 spiro atoms. The Balaban J connectivity index is 2.40. The Hall–Kier alpha value is -0.303. The molecule has 0 unspecified atom stereocenters. The van der Waals surface area contributed by atoms with E-state index in [0.717, 1.165) is 5.54 Å². The maximum absolute atomic E-state index is 2.48. The van der Waals surface area contributed by atoms with Gasteiger partial charge in [0.2, 0.25) is 0 Å². The molecule has 68 valence electrons. The van der Waals surface area contributed by atoms with Crippen molar-refractivity contribution in [2.75, 3.05) is 0 Å². The van der Waals surface area contributed by atoms with E-state index in [1.54, 1.807) is 0 Å². The molecule has 12 heavy (non-hydrogen) atoms. The quantitative estimate of drug-likeness (QED) is 0.569. The van der Waals surface area contributed by atoms with Gasteiger partial charge in [0.1, 0.15) is 0 Å². The van der Waals surface area contributed by atoms with Crippen LogP contribution in [0.4, 0.5) is 0 Å². The summed E-state index contributed by atoms with van der Waals surface area (Å²) in [5.41, 5.74) is 6.00. The molecule has 1 rings (SSSR count). The molecule has 0 aromatic carbocycles. The van der Waals surface area contributed by atoms with Crippen LogP contribution in [0.15, 0.2) is 23.6 Å². The molecule has 0 aliphatic carbocycles. The largest absolute Gasteiger partial charge is 0.0932 e. The van der Waals surface area contributed by atoms with E-state index in [2.05, 4.69) is 37.4 Å². The standard InChI is InChI=1S/C11H20Si/c1-3-7-11(8-4-2)12-9-5-6-10-12/h5-6,9-12H,3-4,7-8H2,1-2H3. The Morgan fingerprint density at radius 2 is 1.50 bits per heavy atom. The number of rotatable bonds is 5. The lowest BCUT2D eigenvalue weighted by Crippen LogP contribution is -2.14. The van der Waals surface area contributed by atoms with E-state index in [-0.39, 0.29) is 0 Å². The zero-order chi connectivity index (χ0) is 8.81. The van der Waals surface area contributed by atoms with Gasteiger partial charge in [-0.1, -0.05) is 63.1 Å². The molecule has 0 atom stereocenters. The minimum absolute atomic E-state index is 0.592. The van der Waals surface area contributed by atoms with Gasteiger partial charge in [-0.25, -0.2) is 0 Å². The summed E-state index contributed by atoms with van der Waals surface area (Å²) in [4.78, 5) is 0. The van der Waals surface area contributed by atoms with Crippen LogP contribution in [0.3, 0.4) is 0 Å². The first kappa shape index (κ1) is 9.78. The first-order valence-electron chi connectivity index (χ1n) is 5.23. The minimum Gasteiger partial charge on any atom is -0.0932 e. The fraction of sp³-hybridized carbons (Fsp3) is 0.636. The summed E-state index contributed by atoms with van der Waals surface area (Å²) in [5.74, 6) is 0. The van der Waals surface area contributed by atoms with Crippen molar-refractivity contribution in [3.8, 4) is 0 Å². The van der Waals surface area contributed by atoms with Crippen LogP contribution in [0.1, 0.15) is 39.5 Å². The number of hydrogen-bond acceptors (Lipinski definition) is 0. The molecular formula is C11H20Si. The second-order valence-corrected chi connectivity index (χ2v) is 6.55. The topological polar surface area (TPSA) is 0 Å². The molecule has 0 nitrogen and oxygen atoms in total. The summed E-state index contributed by atoms with van der Waals surface area (Å²) in [6.07, 6.45) is 10.1. The van der Waals surface area contributed by atoms with Gasteiger partial charge in [-0.15, -0.1) is 0 Å². The summed E-state index contributed by atoms with van der Waals surface area (Å²) in [7, 11) is -0.592. The van der Waals surface area contributed by atoms with Gasteiger partial charge < -0.3 is 0 Å². The summed E-state index contributed by atoms with van der Waals surface area (Å²) in [5, 5.41) is 0. The van der Waals surface area contributed by atoms with Crippen LogP contribution in [0.5, 0.6) is 0 Å². The highest BCUT2D eigenvalue weighted by atomic mass is 28.3. The van der Waals surface area contributed by atoms with E-state index < -0.39 is 8.80 Å². The molecule has 0 N–H and O–H groups in total. The third-order valence-corrected chi connectivity index (χ3v) is 5.73. The van der Waals surface area contributed by atoms with E-state index in [9.17, 15) is 0 Å². The predicted octanol–water partition coefficient (Wildman–Crippen LogP) is 3.39. The SMILES string of the molecule is CCCC(CCC)[SiH]1C=CC=C1. The molecular weight excluding hydrogens is 160 g/mol. The highest BCUT2D eigenvalue weighted by molar-refractivity contribution is 6.71. The zero-order valence-electron chi connectivity index (χ0n) is 8.29. The lowest BCUT2D eigenvalue weighted by Gasteiger charge is -2.18. The van der Waals surface area contributed by atoms with Crippen LogP contribution in [0.25, 0.3) is 0 Å². The van der Waals surface area contributed by atoms with Crippen molar-refractivity contribution in [1.29, 1.82) is 0 Å². The van der Waals surface area contributed by atoms with Crippen LogP contribution >= 0.6 is 0 Å². The molecule has 1 heterocycles. The van der Waals surface area contributed by atoms with Crippen molar-refractivity contribution in [3.63, 3.8) is 0 Å². The van der Waals surface area contributed by atoms with Gasteiger partial charge in [0.25, 0.3) is 0 Å². The van der Waals surface area contributed by atoms with E-state index in [4.69, 9.17) is 0 Å². The van der Waals surface area contributed by atoms with Crippen molar-refractivity contribution in [2.45, 2.75) is 45.1 Å². The number of allylic oxidation sites excluding steroid dienone is 2. The van der Waals surface area contributed by atoms with Crippen molar-refractivity contribution >= 4 is 8.80 Å². The van der Waals surface area contributed by atoms with Crippen LogP contribution in [-0.4, -0.2) is 8.80 Å². The van der Waals surface area contributed by atoms with E-state index in [1.807, 2.05) is 0 Å². The van der Waals surface area contributed by atoms with Crippen molar-refractivity contribution < 1.29 is 0 Å². The Morgan fingerprint density at radius 1 is 1.00 bits per heavy atom. The summed E-state index contributed by atoms with van der Waals surface area (Å²) in [6.45, 7) is 4.61. The molecule has 0 radical (unpaired) electrons. The second kappa shape index (κ2) is 5.36. The lowest BCUT2D eigenvalue weighted by atomic mass is 10.1. The normalized spacial score (nSPS) is 16.6. The van der Waals surface area contributed by atoms with Crippen LogP contribution in [0.2, 0.25) is 5.54 Å². The highest BCUT2D eigenvalue weighted by Gasteiger charge is 2.17. The summed E-state index contributed by atoms with van der Waals surface area (Å²) < 4.78 is 0. The van der Waals surface area contributed by atoms with Crippen molar-refractivity contribution in [3.05, 3.63) is 23.6 Å². The Morgan fingerprint density at radius 3 is 1.92 bits per heavy atom. The average Bonchev–Trinajstić information content (AvgIpc) is 2.56. The number of hydrogen-bond donors (Lipinski definition) is 0. The van der Waals surface area contributed by atoms with E-state index in [1.165, 1.54) is 25.7 Å². The maximum Gasteiger partial charge on any atom is 0.0882 e. The van der Waals surface area contributed by atoms with Gasteiger partial charge in [-0.2, -0.15) is 0 Å². The van der Waals surface area contributed by atoms with Gasteiger partial charge in [0.15, 0.2) is 0 Å². The van der Waals surface area contributed by atoms with Crippen molar-refractivity contribution in [2.24, 2.45) is 0 Å². The van der Waals surface area contributed by atoms with Gasteiger partial charge in [-0.05, 0) is 5.54 Å². The fourth-order valence-corrected chi connectivity index (χ4v) is 5.00. The van der Waals surface area contributed by atoms with Gasteiger partial charge in [0, 0.05) is 0 Å². The molecule has 1 aliphatic heterocycles. The summed E-state index contributed by atoms with van der Waals surface area (Å²) >= 11 is 0.